The van der Waals surface area contributed by atoms with Crippen LogP contribution in [-0.2, 0) is 0 Å². The van der Waals surface area contributed by atoms with Crippen LogP contribution in [-0.4, -0.2) is 67.0 Å². The van der Waals surface area contributed by atoms with Gasteiger partial charge in [0.2, 0.25) is 0 Å². The van der Waals surface area contributed by atoms with Crippen molar-refractivity contribution in [2.45, 2.75) is 12.8 Å². The number of hydrogen-bond donors (Lipinski definition) is 1. The molecule has 0 unspecified atom stereocenters. The van der Waals surface area contributed by atoms with E-state index in [0.717, 1.165) is 50.5 Å². The number of pyridine rings is 1. The minimum absolute atomic E-state index is 0.0278. The normalized spacial score (nSPS) is 18.8. The van der Waals surface area contributed by atoms with E-state index in [-0.39, 0.29) is 11.3 Å². The lowest BCUT2D eigenvalue weighted by molar-refractivity contribution is 0.0927. The molecule has 1 saturated carbocycles. The first-order valence-electron chi connectivity index (χ1n) is 10.2. The van der Waals surface area contributed by atoms with Gasteiger partial charge in [-0.2, -0.15) is 5.26 Å². The van der Waals surface area contributed by atoms with Crippen LogP contribution in [0.25, 0.3) is 11.3 Å². The maximum atomic E-state index is 12.6. The number of rotatable bonds is 6. The molecule has 2 aromatic rings. The highest BCUT2D eigenvalue weighted by atomic mass is 16.1. The Hall–Kier alpha value is -2.75. The van der Waals surface area contributed by atoms with Crippen LogP contribution in [0.5, 0.6) is 0 Å². The van der Waals surface area contributed by atoms with E-state index in [2.05, 4.69) is 33.2 Å². The van der Waals surface area contributed by atoms with Crippen LogP contribution in [0.3, 0.4) is 0 Å². The fourth-order valence-corrected chi connectivity index (χ4v) is 3.87. The fourth-order valence-electron chi connectivity index (χ4n) is 3.87. The van der Waals surface area contributed by atoms with Gasteiger partial charge in [-0.05, 0) is 44.2 Å². The predicted octanol–water partition coefficient (Wildman–Crippen LogP) is 2.38. The number of nitrogens with one attached hydrogen (secondary N) is 1. The van der Waals surface area contributed by atoms with Crippen LogP contribution < -0.4 is 5.32 Å². The molecule has 6 nitrogen and oxygen atoms in total. The maximum absolute atomic E-state index is 12.6. The van der Waals surface area contributed by atoms with E-state index in [4.69, 9.17) is 5.26 Å². The molecular weight excluding hydrogens is 362 g/mol. The molecule has 150 valence electrons. The van der Waals surface area contributed by atoms with E-state index < -0.39 is 0 Å². The van der Waals surface area contributed by atoms with Gasteiger partial charge in [0, 0.05) is 55.8 Å². The predicted molar refractivity (Wildman–Crippen MR) is 112 cm³/mol. The largest absolute Gasteiger partial charge is 0.351 e. The molecule has 2 fully saturated rings. The van der Waals surface area contributed by atoms with Crippen molar-refractivity contribution in [2.24, 2.45) is 5.41 Å². The molecule has 2 aliphatic rings. The summed E-state index contributed by atoms with van der Waals surface area (Å²) in [6.07, 6.45) is 2.39. The number of nitrogens with zero attached hydrogens (tertiary/aromatic N) is 4. The Morgan fingerprint density at radius 2 is 1.86 bits per heavy atom. The molecule has 1 saturated heterocycles. The Balaban J connectivity index is 1.32. The molecule has 0 spiro atoms. The Morgan fingerprint density at radius 1 is 1.14 bits per heavy atom. The van der Waals surface area contributed by atoms with Crippen molar-refractivity contribution in [3.8, 4) is 17.3 Å². The minimum Gasteiger partial charge on any atom is -0.351 e. The highest BCUT2D eigenvalue weighted by Gasteiger charge is 2.44. The first-order chi connectivity index (χ1) is 14.1. The molecule has 29 heavy (non-hydrogen) atoms. The van der Waals surface area contributed by atoms with Crippen molar-refractivity contribution in [1.29, 1.82) is 5.26 Å². The molecule has 1 amide bonds. The van der Waals surface area contributed by atoms with E-state index >= 15 is 0 Å². The van der Waals surface area contributed by atoms with Gasteiger partial charge in [-0.1, -0.05) is 18.2 Å². The van der Waals surface area contributed by atoms with E-state index in [0.29, 0.717) is 11.3 Å². The monoisotopic (exact) mass is 389 g/mol. The number of amides is 1. The summed E-state index contributed by atoms with van der Waals surface area (Å²) in [5, 5.41) is 12.1. The molecule has 1 aliphatic heterocycles. The molecule has 1 aliphatic carbocycles. The summed E-state index contributed by atoms with van der Waals surface area (Å²) in [5.41, 5.74) is 2.93. The van der Waals surface area contributed by atoms with Gasteiger partial charge in [-0.25, -0.2) is 4.98 Å². The van der Waals surface area contributed by atoms with Crippen molar-refractivity contribution in [2.75, 3.05) is 46.3 Å². The van der Waals surface area contributed by atoms with E-state index in [1.807, 2.05) is 36.4 Å². The van der Waals surface area contributed by atoms with Gasteiger partial charge in [0.05, 0.1) is 5.69 Å². The Kier molecular flexibility index (Phi) is 5.61. The zero-order valence-electron chi connectivity index (χ0n) is 16.9. The van der Waals surface area contributed by atoms with E-state index in [1.54, 1.807) is 6.07 Å². The first-order valence-corrected chi connectivity index (χ1v) is 10.2. The van der Waals surface area contributed by atoms with Gasteiger partial charge in [-0.3, -0.25) is 4.79 Å². The van der Waals surface area contributed by atoms with Gasteiger partial charge < -0.3 is 15.1 Å². The zero-order valence-corrected chi connectivity index (χ0v) is 16.9. The molecule has 2 heterocycles. The van der Waals surface area contributed by atoms with Crippen molar-refractivity contribution >= 4 is 5.91 Å². The number of nitriles is 1. The van der Waals surface area contributed by atoms with Crippen LogP contribution in [0, 0.1) is 16.7 Å². The van der Waals surface area contributed by atoms with Crippen molar-refractivity contribution in [3.63, 3.8) is 0 Å². The van der Waals surface area contributed by atoms with Crippen molar-refractivity contribution in [3.05, 3.63) is 53.7 Å². The summed E-state index contributed by atoms with van der Waals surface area (Å²) in [6.45, 7) is 6.32. The molecule has 1 aromatic heterocycles. The molecule has 0 atom stereocenters. The number of carbonyl (C=O) groups excluding carboxylic acids is 1. The van der Waals surface area contributed by atoms with Crippen LogP contribution in [0.4, 0.5) is 0 Å². The maximum Gasteiger partial charge on any atom is 0.251 e. The lowest BCUT2D eigenvalue weighted by Crippen LogP contribution is -2.47. The quantitative estimate of drug-likeness (QED) is 0.821. The molecular formula is C23H27N5O. The summed E-state index contributed by atoms with van der Waals surface area (Å²) < 4.78 is 0. The molecule has 1 aromatic carbocycles. The lowest BCUT2D eigenvalue weighted by atomic mass is 10.0. The lowest BCUT2D eigenvalue weighted by Gasteiger charge is -2.34. The Labute approximate surface area is 172 Å². The summed E-state index contributed by atoms with van der Waals surface area (Å²) in [6, 6.07) is 14.8. The third kappa shape index (κ3) is 4.81. The smallest absolute Gasteiger partial charge is 0.251 e. The number of piperazine rings is 1. The standard InChI is InChI=1S/C23H27N5O/c1-27-11-13-28(14-12-27)17-23(9-10-23)16-25-22(29)19-7-5-18(6-8-19)21-4-2-3-20(15-24)26-21/h2-8H,9-14,16-17H2,1H3,(H,25,29). The number of likely N-dealkylation sites (N-methyl/N-ethyl adjacent to an activating group) is 1. The zero-order chi connectivity index (χ0) is 20.3. The van der Waals surface area contributed by atoms with Crippen LogP contribution in [0.1, 0.15) is 28.9 Å². The number of benzene rings is 1. The van der Waals surface area contributed by atoms with Crippen molar-refractivity contribution < 1.29 is 4.79 Å². The molecule has 1 N–H and O–H groups in total. The summed E-state index contributed by atoms with van der Waals surface area (Å²) in [7, 11) is 2.17. The second-order valence-electron chi connectivity index (χ2n) is 8.36. The van der Waals surface area contributed by atoms with E-state index in [9.17, 15) is 4.79 Å². The average Bonchev–Trinajstić information content (AvgIpc) is 3.53. The van der Waals surface area contributed by atoms with Gasteiger partial charge in [0.1, 0.15) is 11.8 Å². The minimum atomic E-state index is -0.0278. The SMILES string of the molecule is CN1CCN(CC2(CNC(=O)c3ccc(-c4cccc(C#N)n4)cc3)CC2)CC1. The number of aromatic nitrogens is 1. The van der Waals surface area contributed by atoms with Crippen molar-refractivity contribution in [1.82, 2.24) is 20.1 Å². The highest BCUT2D eigenvalue weighted by Crippen LogP contribution is 2.45. The topological polar surface area (TPSA) is 72.3 Å². The van der Waals surface area contributed by atoms with Crippen LogP contribution in [0.2, 0.25) is 0 Å². The molecule has 0 bridgehead atoms. The molecule has 4 rings (SSSR count). The summed E-state index contributed by atoms with van der Waals surface area (Å²) in [4.78, 5) is 21.8. The Bertz CT molecular complexity index is 906. The number of hydrogen-bond acceptors (Lipinski definition) is 5. The van der Waals surface area contributed by atoms with Gasteiger partial charge in [0.25, 0.3) is 5.91 Å². The first kappa shape index (κ1) is 19.6. The second-order valence-corrected chi connectivity index (χ2v) is 8.36. The van der Waals surface area contributed by atoms with Gasteiger partial charge in [-0.15, -0.1) is 0 Å². The average molecular weight is 390 g/mol. The number of carbonyl (C=O) groups is 1. The van der Waals surface area contributed by atoms with Crippen LogP contribution >= 0.6 is 0 Å². The highest BCUT2D eigenvalue weighted by molar-refractivity contribution is 5.94. The third-order valence-corrected chi connectivity index (χ3v) is 6.04. The summed E-state index contributed by atoms with van der Waals surface area (Å²) >= 11 is 0. The Morgan fingerprint density at radius 3 is 2.52 bits per heavy atom. The fraction of sp³-hybridized carbons (Fsp3) is 0.435. The van der Waals surface area contributed by atoms with E-state index in [1.165, 1.54) is 12.8 Å². The molecule has 0 radical (unpaired) electrons. The third-order valence-electron chi connectivity index (χ3n) is 6.04. The van der Waals surface area contributed by atoms with Gasteiger partial charge in [0.15, 0.2) is 0 Å². The van der Waals surface area contributed by atoms with Crippen LogP contribution in [0.15, 0.2) is 42.5 Å². The van der Waals surface area contributed by atoms with Gasteiger partial charge >= 0.3 is 0 Å². The summed E-state index contributed by atoms with van der Waals surface area (Å²) in [5.74, 6) is -0.0278. The molecule has 6 heteroatoms. The second kappa shape index (κ2) is 8.32.